The summed E-state index contributed by atoms with van der Waals surface area (Å²) in [7, 11) is 1.54. The number of nitrogens with two attached hydrogens (primary N) is 1. The third-order valence-corrected chi connectivity index (χ3v) is 3.06. The van der Waals surface area contributed by atoms with Crippen LogP contribution in [0.15, 0.2) is 36.4 Å². The van der Waals surface area contributed by atoms with Gasteiger partial charge in [-0.1, -0.05) is 12.1 Å². The SMILES string of the molecule is CNC(=O)c1ccc(NCCc2cccc(C(N)=O)c2)nn1. The van der Waals surface area contributed by atoms with Crippen LogP contribution >= 0.6 is 0 Å². The predicted molar refractivity (Wildman–Crippen MR) is 82.6 cm³/mol. The number of nitrogens with zero attached hydrogens (tertiary/aromatic N) is 2. The molecule has 0 bridgehead atoms. The predicted octanol–water partition coefficient (Wildman–Crippen LogP) is 0.590. The largest absolute Gasteiger partial charge is 0.368 e. The van der Waals surface area contributed by atoms with Crippen molar-refractivity contribution in [1.82, 2.24) is 15.5 Å². The number of carbonyl (C=O) groups excluding carboxylic acids is 2. The highest BCUT2D eigenvalue weighted by Gasteiger charge is 2.05. The molecule has 4 N–H and O–H groups in total. The molecule has 1 aromatic carbocycles. The molecule has 0 aliphatic heterocycles. The van der Waals surface area contributed by atoms with Gasteiger partial charge < -0.3 is 16.4 Å². The van der Waals surface area contributed by atoms with Crippen molar-refractivity contribution in [2.75, 3.05) is 18.9 Å². The second-order valence-electron chi connectivity index (χ2n) is 4.62. The summed E-state index contributed by atoms with van der Waals surface area (Å²) in [5.74, 6) is -0.133. The van der Waals surface area contributed by atoms with Crippen LogP contribution in [0.5, 0.6) is 0 Å². The van der Waals surface area contributed by atoms with Crippen LogP contribution in [0.2, 0.25) is 0 Å². The van der Waals surface area contributed by atoms with Gasteiger partial charge in [-0.2, -0.15) is 0 Å². The van der Waals surface area contributed by atoms with Gasteiger partial charge in [0.05, 0.1) is 0 Å². The minimum absolute atomic E-state index is 0.266. The first-order valence-electron chi connectivity index (χ1n) is 6.78. The number of carbonyl (C=O) groups is 2. The Labute approximate surface area is 127 Å². The second-order valence-corrected chi connectivity index (χ2v) is 4.62. The Hall–Kier alpha value is -2.96. The molecule has 114 valence electrons. The molecule has 2 aromatic rings. The number of hydrogen-bond acceptors (Lipinski definition) is 5. The maximum Gasteiger partial charge on any atom is 0.271 e. The Kier molecular flexibility index (Phi) is 5.02. The summed E-state index contributed by atoms with van der Waals surface area (Å²) in [4.78, 5) is 22.5. The van der Waals surface area contributed by atoms with Gasteiger partial charge in [-0.3, -0.25) is 9.59 Å². The van der Waals surface area contributed by atoms with Gasteiger partial charge in [-0.15, -0.1) is 10.2 Å². The van der Waals surface area contributed by atoms with Crippen molar-refractivity contribution in [3.8, 4) is 0 Å². The van der Waals surface area contributed by atoms with E-state index in [1.165, 1.54) is 7.05 Å². The summed E-state index contributed by atoms with van der Waals surface area (Å²) in [6.45, 7) is 0.621. The van der Waals surface area contributed by atoms with Gasteiger partial charge in [0.2, 0.25) is 5.91 Å². The van der Waals surface area contributed by atoms with E-state index in [1.807, 2.05) is 6.07 Å². The minimum Gasteiger partial charge on any atom is -0.368 e. The van der Waals surface area contributed by atoms with Crippen molar-refractivity contribution < 1.29 is 9.59 Å². The molecule has 2 amide bonds. The van der Waals surface area contributed by atoms with Crippen molar-refractivity contribution in [3.05, 3.63) is 53.2 Å². The fourth-order valence-corrected chi connectivity index (χ4v) is 1.89. The highest BCUT2D eigenvalue weighted by Crippen LogP contribution is 2.07. The lowest BCUT2D eigenvalue weighted by Gasteiger charge is -2.06. The Bertz CT molecular complexity index is 670. The number of benzene rings is 1. The van der Waals surface area contributed by atoms with Crippen LogP contribution < -0.4 is 16.4 Å². The Balaban J connectivity index is 1.89. The lowest BCUT2D eigenvalue weighted by Crippen LogP contribution is -2.20. The van der Waals surface area contributed by atoms with E-state index in [4.69, 9.17) is 5.73 Å². The van der Waals surface area contributed by atoms with Gasteiger partial charge in [-0.25, -0.2) is 0 Å². The van der Waals surface area contributed by atoms with E-state index in [-0.39, 0.29) is 11.6 Å². The molecular formula is C15H17N5O2. The van der Waals surface area contributed by atoms with Crippen LogP contribution in [-0.2, 0) is 6.42 Å². The number of nitrogens with one attached hydrogen (secondary N) is 2. The molecule has 0 aliphatic carbocycles. The maximum atomic E-state index is 11.3. The van der Waals surface area contributed by atoms with Crippen LogP contribution in [0.3, 0.4) is 0 Å². The van der Waals surface area contributed by atoms with Crippen molar-refractivity contribution in [2.45, 2.75) is 6.42 Å². The number of amides is 2. The van der Waals surface area contributed by atoms with Gasteiger partial charge in [0.1, 0.15) is 5.82 Å². The summed E-state index contributed by atoms with van der Waals surface area (Å²) in [5.41, 5.74) is 7.00. The lowest BCUT2D eigenvalue weighted by atomic mass is 10.1. The van der Waals surface area contributed by atoms with Crippen molar-refractivity contribution >= 4 is 17.6 Å². The molecule has 22 heavy (non-hydrogen) atoms. The minimum atomic E-state index is -0.439. The first kappa shape index (κ1) is 15.4. The van der Waals surface area contributed by atoms with E-state index in [2.05, 4.69) is 20.8 Å². The first-order valence-corrected chi connectivity index (χ1v) is 6.78. The summed E-state index contributed by atoms with van der Waals surface area (Å²) in [6, 6.07) is 10.5. The monoisotopic (exact) mass is 299 g/mol. The van der Waals surface area contributed by atoms with Gasteiger partial charge in [0.25, 0.3) is 5.91 Å². The summed E-state index contributed by atoms with van der Waals surface area (Å²) in [5, 5.41) is 13.3. The van der Waals surface area contributed by atoms with Crippen LogP contribution in [0.25, 0.3) is 0 Å². The van der Waals surface area contributed by atoms with E-state index in [1.54, 1.807) is 30.3 Å². The van der Waals surface area contributed by atoms with E-state index < -0.39 is 5.91 Å². The molecule has 1 heterocycles. The summed E-state index contributed by atoms with van der Waals surface area (Å²) < 4.78 is 0. The third kappa shape index (κ3) is 4.02. The zero-order valence-corrected chi connectivity index (χ0v) is 12.2. The van der Waals surface area contributed by atoms with Gasteiger partial charge >= 0.3 is 0 Å². The van der Waals surface area contributed by atoms with Gasteiger partial charge in [0, 0.05) is 19.2 Å². The lowest BCUT2D eigenvalue weighted by molar-refractivity contribution is 0.0955. The molecule has 2 rings (SSSR count). The Morgan fingerprint density at radius 2 is 2.00 bits per heavy atom. The number of aromatic nitrogens is 2. The highest BCUT2D eigenvalue weighted by atomic mass is 16.2. The Morgan fingerprint density at radius 3 is 2.64 bits per heavy atom. The van der Waals surface area contributed by atoms with Crippen LogP contribution in [0.4, 0.5) is 5.82 Å². The summed E-state index contributed by atoms with van der Waals surface area (Å²) >= 11 is 0. The van der Waals surface area contributed by atoms with E-state index >= 15 is 0 Å². The van der Waals surface area contributed by atoms with Gasteiger partial charge in [-0.05, 0) is 36.2 Å². The van der Waals surface area contributed by atoms with Crippen LogP contribution in [-0.4, -0.2) is 35.6 Å². The molecule has 0 radical (unpaired) electrons. The third-order valence-electron chi connectivity index (χ3n) is 3.06. The molecule has 7 nitrogen and oxygen atoms in total. The number of hydrogen-bond donors (Lipinski definition) is 3. The number of anilines is 1. The van der Waals surface area contributed by atoms with E-state index in [9.17, 15) is 9.59 Å². The first-order chi connectivity index (χ1) is 10.6. The zero-order chi connectivity index (χ0) is 15.9. The molecule has 0 saturated carbocycles. The average molecular weight is 299 g/mol. The molecular weight excluding hydrogens is 282 g/mol. The van der Waals surface area contributed by atoms with Crippen molar-refractivity contribution in [1.29, 1.82) is 0 Å². The fourth-order valence-electron chi connectivity index (χ4n) is 1.89. The molecule has 0 spiro atoms. The van der Waals surface area contributed by atoms with Crippen molar-refractivity contribution in [2.24, 2.45) is 5.73 Å². The summed E-state index contributed by atoms with van der Waals surface area (Å²) in [6.07, 6.45) is 0.708. The van der Waals surface area contributed by atoms with Crippen LogP contribution in [0, 0.1) is 0 Å². The average Bonchev–Trinajstić information content (AvgIpc) is 2.55. The number of primary amides is 1. The van der Waals surface area contributed by atoms with Crippen LogP contribution in [0.1, 0.15) is 26.4 Å². The quantitative estimate of drug-likeness (QED) is 0.723. The topological polar surface area (TPSA) is 110 Å². The van der Waals surface area contributed by atoms with Gasteiger partial charge in [0.15, 0.2) is 5.69 Å². The zero-order valence-electron chi connectivity index (χ0n) is 12.2. The molecule has 7 heteroatoms. The molecule has 0 aliphatic rings. The molecule has 0 saturated heterocycles. The second kappa shape index (κ2) is 7.16. The maximum absolute atomic E-state index is 11.3. The normalized spacial score (nSPS) is 10.0. The highest BCUT2D eigenvalue weighted by molar-refractivity contribution is 5.93. The molecule has 1 aromatic heterocycles. The van der Waals surface area contributed by atoms with Crippen molar-refractivity contribution in [3.63, 3.8) is 0 Å². The van der Waals surface area contributed by atoms with E-state index in [0.717, 1.165) is 5.56 Å². The smallest absolute Gasteiger partial charge is 0.271 e. The molecule has 0 atom stereocenters. The molecule has 0 fully saturated rings. The fraction of sp³-hybridized carbons (Fsp3) is 0.200. The molecule has 0 unspecified atom stereocenters. The van der Waals surface area contributed by atoms with E-state index in [0.29, 0.717) is 24.3 Å². The Morgan fingerprint density at radius 1 is 1.18 bits per heavy atom. The number of rotatable bonds is 6. The standard InChI is InChI=1S/C15H17N5O2/c1-17-15(22)12-5-6-13(20-19-12)18-8-7-10-3-2-4-11(9-10)14(16)21/h2-6,9H,7-8H2,1H3,(H2,16,21)(H,17,22)(H,18,20).